The molecule has 2 heterocycles. The molecule has 5 rings (SSSR count). The van der Waals surface area contributed by atoms with Crippen LogP contribution < -0.4 is 0 Å². The molecule has 41 heavy (non-hydrogen) atoms. The summed E-state index contributed by atoms with van der Waals surface area (Å²) in [5, 5.41) is 10.5. The zero-order chi connectivity index (χ0) is 29.0. The maximum Gasteiger partial charge on any atom is 0.230 e. The number of fused-ring (bicyclic) bond motifs is 1. The van der Waals surface area contributed by atoms with Crippen LogP contribution in [0.3, 0.4) is 0 Å². The maximum atomic E-state index is 10.5. The van der Waals surface area contributed by atoms with Crippen LogP contribution in [-0.2, 0) is 37.3 Å². The molecule has 0 amide bonds. The molecule has 0 spiro atoms. The van der Waals surface area contributed by atoms with E-state index in [2.05, 4.69) is 105 Å². The van der Waals surface area contributed by atoms with Crippen LogP contribution in [0.1, 0.15) is 79.0 Å². The van der Waals surface area contributed by atoms with Gasteiger partial charge in [-0.15, -0.1) is 29.3 Å². The third-order valence-corrected chi connectivity index (χ3v) is 7.42. The molecular weight excluding hydrogens is 687 g/mol. The van der Waals surface area contributed by atoms with Crippen molar-refractivity contribution >= 4 is 11.1 Å². The number of nitrogens with zero attached hydrogens (tertiary/aromatic N) is 2. The number of benzene rings is 3. The summed E-state index contributed by atoms with van der Waals surface area (Å²) in [5.41, 5.74) is 9.11. The molecule has 5 aromatic rings. The minimum atomic E-state index is -0.113. The first-order valence-corrected chi connectivity index (χ1v) is 13.9. The minimum Gasteiger partial charge on any atom is -0.507 e. The Labute approximate surface area is 258 Å². The normalized spacial score (nSPS) is 12.4. The Hall–Kier alpha value is -3.23. The number of phenols is 1. The van der Waals surface area contributed by atoms with Crippen LogP contribution in [0.4, 0.5) is 0 Å². The summed E-state index contributed by atoms with van der Waals surface area (Å²) < 4.78 is 6.30. The second-order valence-corrected chi connectivity index (χ2v) is 13.8. The predicted octanol–water partition coefficient (Wildman–Crippen LogP) is 9.62. The fourth-order valence-electron chi connectivity index (χ4n) is 4.77. The molecule has 4 nitrogen and oxygen atoms in total. The number of aromatic hydroxyl groups is 1. The monoisotopic (exact) mass is 726 g/mol. The van der Waals surface area contributed by atoms with Crippen molar-refractivity contribution in [3.05, 3.63) is 89.6 Å². The Morgan fingerprint density at radius 2 is 1.29 bits per heavy atom. The Balaban J connectivity index is 0.00000387. The van der Waals surface area contributed by atoms with Crippen molar-refractivity contribution in [3.8, 4) is 39.6 Å². The number of pyridine rings is 1. The average Bonchev–Trinajstić information content (AvgIpc) is 3.31. The Morgan fingerprint density at radius 3 is 1.93 bits per heavy atom. The first kappa shape index (κ1) is 30.7. The summed E-state index contributed by atoms with van der Waals surface area (Å²) in [6, 6.07) is 23.8. The van der Waals surface area contributed by atoms with E-state index in [4.69, 9.17) is 14.4 Å². The van der Waals surface area contributed by atoms with Gasteiger partial charge in [0.25, 0.3) is 0 Å². The largest absolute Gasteiger partial charge is 0.507 e. The molecule has 0 atom stereocenters. The summed E-state index contributed by atoms with van der Waals surface area (Å²) >= 11 is 0. The molecule has 0 fully saturated rings. The van der Waals surface area contributed by atoms with E-state index in [1.165, 1.54) is 11.1 Å². The summed E-state index contributed by atoms with van der Waals surface area (Å²) in [4.78, 5) is 9.68. The van der Waals surface area contributed by atoms with Crippen molar-refractivity contribution < 1.29 is 30.6 Å². The van der Waals surface area contributed by atoms with Crippen LogP contribution in [0.15, 0.2) is 71.3 Å². The number of rotatable bonds is 3. The quantitative estimate of drug-likeness (QED) is 0.188. The van der Waals surface area contributed by atoms with Gasteiger partial charge in [-0.3, -0.25) is 4.98 Å². The Bertz CT molecular complexity index is 1710. The van der Waals surface area contributed by atoms with E-state index in [0.29, 0.717) is 17.0 Å². The summed E-state index contributed by atoms with van der Waals surface area (Å²) in [6.07, 6.45) is 1.89. The fraction of sp³-hybridized carbons (Fsp3) is 0.333. The first-order chi connectivity index (χ1) is 18.6. The van der Waals surface area contributed by atoms with Crippen molar-refractivity contribution in [1.29, 1.82) is 0 Å². The molecule has 0 bridgehead atoms. The van der Waals surface area contributed by atoms with Gasteiger partial charge in [0.15, 0.2) is 0 Å². The zero-order valence-electron chi connectivity index (χ0n) is 25.4. The summed E-state index contributed by atoms with van der Waals surface area (Å²) in [7, 11) is 0. The number of oxazole rings is 1. The van der Waals surface area contributed by atoms with E-state index in [1.54, 1.807) is 12.1 Å². The van der Waals surface area contributed by atoms with Crippen molar-refractivity contribution in [2.75, 3.05) is 0 Å². The van der Waals surface area contributed by atoms with Gasteiger partial charge in [-0.1, -0.05) is 97.7 Å². The standard InChI is InChI=1S/C36H39N2O2.Pt/c1-34(2,3)24-14-15-37-29(20-24)23-16-22(17-25(18-23)35(4,5)6)28-19-26(36(7,8)9)21-31-32(28)38-33(40-31)27-12-10-11-13-30(27)39;/h10-15,17-21,39H,1-9H3;/q-1;. The SMILES string of the molecule is CC(C)(C)c1cc(-c2cc(C(C)(C)C)ccn2)[c-]c(-c2cc(C(C)(C)C)cc3oc(-c4ccccc4O)nc23)c1.[Pt]. The van der Waals surface area contributed by atoms with Gasteiger partial charge < -0.3 is 9.52 Å². The van der Waals surface area contributed by atoms with E-state index in [-0.39, 0.29) is 43.1 Å². The zero-order valence-corrected chi connectivity index (χ0v) is 27.7. The van der Waals surface area contributed by atoms with Crippen LogP contribution in [0.25, 0.3) is 44.9 Å². The van der Waals surface area contributed by atoms with Crippen LogP contribution in [-0.4, -0.2) is 15.1 Å². The van der Waals surface area contributed by atoms with Crippen molar-refractivity contribution in [1.82, 2.24) is 9.97 Å². The predicted molar refractivity (Wildman–Crippen MR) is 165 cm³/mol. The van der Waals surface area contributed by atoms with Gasteiger partial charge in [0.2, 0.25) is 5.89 Å². The fourth-order valence-corrected chi connectivity index (χ4v) is 4.77. The third-order valence-electron chi connectivity index (χ3n) is 7.42. The van der Waals surface area contributed by atoms with Crippen LogP contribution >= 0.6 is 0 Å². The van der Waals surface area contributed by atoms with Gasteiger partial charge in [0, 0.05) is 33.0 Å². The topological polar surface area (TPSA) is 59.2 Å². The first-order valence-electron chi connectivity index (χ1n) is 13.9. The average molecular weight is 727 g/mol. The number of hydrogen-bond donors (Lipinski definition) is 1. The molecule has 216 valence electrons. The van der Waals surface area contributed by atoms with E-state index < -0.39 is 0 Å². The molecule has 1 N–H and O–H groups in total. The smallest absolute Gasteiger partial charge is 0.230 e. The molecule has 5 heteroatoms. The maximum absolute atomic E-state index is 10.5. The Kier molecular flexibility index (Phi) is 8.15. The summed E-state index contributed by atoms with van der Waals surface area (Å²) in [6.45, 7) is 19.9. The molecule has 0 aliphatic heterocycles. The number of hydrogen-bond acceptors (Lipinski definition) is 4. The molecule has 0 unspecified atom stereocenters. The number of aromatic nitrogens is 2. The van der Waals surface area contributed by atoms with Gasteiger partial charge in [0.1, 0.15) is 11.3 Å². The molecule has 0 saturated heterocycles. The van der Waals surface area contributed by atoms with Crippen molar-refractivity contribution in [2.24, 2.45) is 0 Å². The molecule has 0 aliphatic rings. The molecule has 0 saturated carbocycles. The van der Waals surface area contributed by atoms with Crippen molar-refractivity contribution in [2.45, 2.75) is 78.6 Å². The molecule has 0 radical (unpaired) electrons. The van der Waals surface area contributed by atoms with Gasteiger partial charge in [0.05, 0.1) is 11.1 Å². The molecule has 3 aromatic carbocycles. The van der Waals surface area contributed by atoms with Crippen LogP contribution in [0.5, 0.6) is 5.75 Å². The second-order valence-electron chi connectivity index (χ2n) is 13.8. The van der Waals surface area contributed by atoms with E-state index >= 15 is 0 Å². The summed E-state index contributed by atoms with van der Waals surface area (Å²) in [5.74, 6) is 0.534. The number of para-hydroxylation sites is 1. The third kappa shape index (κ3) is 6.33. The molecule has 2 aromatic heterocycles. The van der Waals surface area contributed by atoms with Crippen LogP contribution in [0.2, 0.25) is 0 Å². The number of phenolic OH excluding ortho intramolecular Hbond substituents is 1. The van der Waals surface area contributed by atoms with Gasteiger partial charge >= 0.3 is 0 Å². The van der Waals surface area contributed by atoms with Gasteiger partial charge in [-0.05, 0) is 51.6 Å². The molecule has 0 aliphatic carbocycles. The minimum absolute atomic E-state index is 0. The second kappa shape index (κ2) is 10.9. The van der Waals surface area contributed by atoms with E-state index in [1.807, 2.05) is 18.3 Å². The molecular formula is C36H39N2O2Pt-. The van der Waals surface area contributed by atoms with E-state index in [0.717, 1.165) is 33.5 Å². The van der Waals surface area contributed by atoms with Crippen molar-refractivity contribution in [3.63, 3.8) is 0 Å². The van der Waals surface area contributed by atoms with Crippen LogP contribution in [0, 0.1) is 6.07 Å². The van der Waals surface area contributed by atoms with Gasteiger partial charge in [-0.2, -0.15) is 0 Å². The Morgan fingerprint density at radius 1 is 0.683 bits per heavy atom. The van der Waals surface area contributed by atoms with E-state index in [9.17, 15) is 5.11 Å². The van der Waals surface area contributed by atoms with Gasteiger partial charge in [-0.25, -0.2) is 4.98 Å².